The lowest BCUT2D eigenvalue weighted by Crippen LogP contribution is -1.99. The van der Waals surface area contributed by atoms with Gasteiger partial charge in [-0.1, -0.05) is 54.6 Å². The summed E-state index contributed by atoms with van der Waals surface area (Å²) in [6, 6.07) is 23.2. The molecule has 0 saturated carbocycles. The van der Waals surface area contributed by atoms with Gasteiger partial charge in [-0.3, -0.25) is 4.79 Å². The summed E-state index contributed by atoms with van der Waals surface area (Å²) in [6.45, 7) is 0. The van der Waals surface area contributed by atoms with E-state index in [1.807, 2.05) is 66.7 Å². The molecule has 0 spiro atoms. The molecule has 0 fully saturated rings. The fourth-order valence-corrected chi connectivity index (χ4v) is 2.57. The van der Waals surface area contributed by atoms with Gasteiger partial charge in [0, 0.05) is 10.9 Å². The van der Waals surface area contributed by atoms with E-state index in [-0.39, 0.29) is 5.78 Å². The van der Waals surface area contributed by atoms with E-state index in [1.54, 1.807) is 6.07 Å². The maximum absolute atomic E-state index is 12.6. The normalized spacial score (nSPS) is 11.0. The molecular formula is C19H12O2. The zero-order valence-corrected chi connectivity index (χ0v) is 11.2. The fourth-order valence-electron chi connectivity index (χ4n) is 2.57. The highest BCUT2D eigenvalue weighted by Gasteiger charge is 2.14. The van der Waals surface area contributed by atoms with E-state index < -0.39 is 0 Å². The van der Waals surface area contributed by atoms with Crippen LogP contribution in [0.15, 0.2) is 77.2 Å². The van der Waals surface area contributed by atoms with Crippen molar-refractivity contribution in [3.63, 3.8) is 0 Å². The van der Waals surface area contributed by atoms with E-state index in [9.17, 15) is 4.79 Å². The van der Waals surface area contributed by atoms with Crippen LogP contribution in [0.1, 0.15) is 16.1 Å². The van der Waals surface area contributed by atoms with Gasteiger partial charge >= 0.3 is 0 Å². The summed E-state index contributed by atoms with van der Waals surface area (Å²) < 4.78 is 5.65. The van der Waals surface area contributed by atoms with Crippen molar-refractivity contribution in [1.29, 1.82) is 0 Å². The number of fused-ring (bicyclic) bond motifs is 2. The number of furan rings is 1. The first kappa shape index (κ1) is 11.9. The van der Waals surface area contributed by atoms with E-state index in [0.717, 1.165) is 21.7 Å². The van der Waals surface area contributed by atoms with Gasteiger partial charge in [0.1, 0.15) is 5.58 Å². The maximum atomic E-state index is 12.6. The predicted octanol–water partition coefficient (Wildman–Crippen LogP) is 4.82. The number of hydrogen-bond acceptors (Lipinski definition) is 2. The Balaban J connectivity index is 1.81. The Hall–Kier alpha value is -2.87. The van der Waals surface area contributed by atoms with Crippen LogP contribution < -0.4 is 0 Å². The number of carbonyl (C=O) groups is 1. The molecule has 1 aromatic heterocycles. The lowest BCUT2D eigenvalue weighted by atomic mass is 10.0. The maximum Gasteiger partial charge on any atom is 0.228 e. The van der Waals surface area contributed by atoms with Crippen molar-refractivity contribution in [3.8, 4) is 0 Å². The van der Waals surface area contributed by atoms with Crippen molar-refractivity contribution in [3.05, 3.63) is 84.1 Å². The lowest BCUT2D eigenvalue weighted by Gasteiger charge is -2.01. The predicted molar refractivity (Wildman–Crippen MR) is 83.6 cm³/mol. The highest BCUT2D eigenvalue weighted by atomic mass is 16.3. The smallest absolute Gasteiger partial charge is 0.228 e. The molecule has 0 aliphatic heterocycles. The molecular weight excluding hydrogens is 260 g/mol. The van der Waals surface area contributed by atoms with Gasteiger partial charge in [-0.2, -0.15) is 0 Å². The second-order valence-corrected chi connectivity index (χ2v) is 5.04. The number of ketones is 1. The average Bonchev–Trinajstić information content (AvgIpc) is 2.97. The molecule has 0 atom stereocenters. The van der Waals surface area contributed by atoms with Crippen LogP contribution in [0.5, 0.6) is 0 Å². The molecule has 0 saturated heterocycles. The Morgan fingerprint density at radius 1 is 0.714 bits per heavy atom. The molecule has 0 aliphatic carbocycles. The average molecular weight is 272 g/mol. The molecule has 2 heteroatoms. The number of hydrogen-bond donors (Lipinski definition) is 0. The van der Waals surface area contributed by atoms with Crippen LogP contribution in [0, 0.1) is 0 Å². The summed E-state index contributed by atoms with van der Waals surface area (Å²) in [4.78, 5) is 12.6. The van der Waals surface area contributed by atoms with Crippen molar-refractivity contribution in [2.45, 2.75) is 0 Å². The quantitative estimate of drug-likeness (QED) is 0.490. The minimum absolute atomic E-state index is 0.0862. The topological polar surface area (TPSA) is 30.2 Å². The fraction of sp³-hybridized carbons (Fsp3) is 0. The third kappa shape index (κ3) is 2.01. The molecule has 4 rings (SSSR count). The Bertz CT molecular complexity index is 930. The third-order valence-electron chi connectivity index (χ3n) is 3.66. The van der Waals surface area contributed by atoms with E-state index in [2.05, 4.69) is 0 Å². The van der Waals surface area contributed by atoms with Crippen LogP contribution in [0.3, 0.4) is 0 Å². The van der Waals surface area contributed by atoms with Crippen molar-refractivity contribution < 1.29 is 9.21 Å². The molecule has 1 heterocycles. The Labute approximate surface area is 121 Å². The molecule has 4 aromatic rings. The van der Waals surface area contributed by atoms with Gasteiger partial charge in [0.2, 0.25) is 5.78 Å². The molecule has 3 aromatic carbocycles. The SMILES string of the molecule is O=C(c1ccc2ccccc2c1)c1cc2ccccc2o1. The molecule has 0 amide bonds. The highest BCUT2D eigenvalue weighted by molar-refractivity contribution is 6.10. The molecule has 0 N–H and O–H groups in total. The highest BCUT2D eigenvalue weighted by Crippen LogP contribution is 2.23. The van der Waals surface area contributed by atoms with E-state index in [1.165, 1.54) is 0 Å². The molecule has 100 valence electrons. The summed E-state index contributed by atoms with van der Waals surface area (Å²) in [5, 5.41) is 3.12. The lowest BCUT2D eigenvalue weighted by molar-refractivity contribution is 0.101. The zero-order chi connectivity index (χ0) is 14.2. The van der Waals surface area contributed by atoms with E-state index in [4.69, 9.17) is 4.42 Å². The summed E-state index contributed by atoms with van der Waals surface area (Å²) >= 11 is 0. The van der Waals surface area contributed by atoms with E-state index >= 15 is 0 Å². The van der Waals surface area contributed by atoms with Crippen LogP contribution in [0.4, 0.5) is 0 Å². The minimum atomic E-state index is -0.0862. The number of benzene rings is 3. The second kappa shape index (κ2) is 4.60. The van der Waals surface area contributed by atoms with Crippen molar-refractivity contribution in [2.75, 3.05) is 0 Å². The van der Waals surface area contributed by atoms with Crippen LogP contribution in [0.25, 0.3) is 21.7 Å². The van der Waals surface area contributed by atoms with Crippen LogP contribution in [-0.4, -0.2) is 5.78 Å². The zero-order valence-electron chi connectivity index (χ0n) is 11.2. The van der Waals surface area contributed by atoms with Gasteiger partial charge in [0.25, 0.3) is 0 Å². The third-order valence-corrected chi connectivity index (χ3v) is 3.66. The first-order valence-corrected chi connectivity index (χ1v) is 6.83. The molecule has 0 bridgehead atoms. The summed E-state index contributed by atoms with van der Waals surface area (Å²) in [6.07, 6.45) is 0. The van der Waals surface area contributed by atoms with Gasteiger partial charge in [-0.05, 0) is 29.0 Å². The first-order chi connectivity index (χ1) is 10.3. The molecule has 21 heavy (non-hydrogen) atoms. The number of para-hydroxylation sites is 1. The Morgan fingerprint density at radius 3 is 2.24 bits per heavy atom. The number of rotatable bonds is 2. The number of carbonyl (C=O) groups excluding carboxylic acids is 1. The Kier molecular flexibility index (Phi) is 2.61. The second-order valence-electron chi connectivity index (χ2n) is 5.04. The van der Waals surface area contributed by atoms with Crippen molar-refractivity contribution in [1.82, 2.24) is 0 Å². The molecule has 0 aliphatic rings. The Morgan fingerprint density at radius 2 is 1.43 bits per heavy atom. The molecule has 2 nitrogen and oxygen atoms in total. The van der Waals surface area contributed by atoms with Crippen molar-refractivity contribution in [2.24, 2.45) is 0 Å². The summed E-state index contributed by atoms with van der Waals surface area (Å²) in [5.74, 6) is 0.295. The monoisotopic (exact) mass is 272 g/mol. The summed E-state index contributed by atoms with van der Waals surface area (Å²) in [7, 11) is 0. The van der Waals surface area contributed by atoms with Crippen molar-refractivity contribution >= 4 is 27.5 Å². The largest absolute Gasteiger partial charge is 0.453 e. The van der Waals surface area contributed by atoms with Crippen LogP contribution in [-0.2, 0) is 0 Å². The van der Waals surface area contributed by atoms with Gasteiger partial charge in [0.05, 0.1) is 0 Å². The molecule has 0 radical (unpaired) electrons. The van der Waals surface area contributed by atoms with Crippen LogP contribution in [0.2, 0.25) is 0 Å². The van der Waals surface area contributed by atoms with Gasteiger partial charge in [0.15, 0.2) is 5.76 Å². The first-order valence-electron chi connectivity index (χ1n) is 6.83. The van der Waals surface area contributed by atoms with Gasteiger partial charge < -0.3 is 4.42 Å². The standard InChI is InChI=1S/C19H12O2/c20-19(18-12-15-7-3-4-8-17(15)21-18)16-10-9-13-5-1-2-6-14(13)11-16/h1-12H. The van der Waals surface area contributed by atoms with Crippen LogP contribution >= 0.6 is 0 Å². The van der Waals surface area contributed by atoms with Gasteiger partial charge in [-0.15, -0.1) is 0 Å². The minimum Gasteiger partial charge on any atom is -0.453 e. The van der Waals surface area contributed by atoms with Gasteiger partial charge in [-0.25, -0.2) is 0 Å². The molecule has 0 unspecified atom stereocenters. The van der Waals surface area contributed by atoms with E-state index in [0.29, 0.717) is 11.3 Å². The summed E-state index contributed by atoms with van der Waals surface area (Å²) in [5.41, 5.74) is 1.38.